The number of para-hydroxylation sites is 3. The second kappa shape index (κ2) is 9.49. The molecule has 172 valence electrons. The topological polar surface area (TPSA) is 7.12 Å². The van der Waals surface area contributed by atoms with Gasteiger partial charge in [-0.15, -0.1) is 4.57 Å². The maximum Gasteiger partial charge on any atom is 0.247 e. The average Bonchev–Trinajstić information content (AvgIpc) is 3.14. The fourth-order valence-corrected chi connectivity index (χ4v) is 6.67. The van der Waals surface area contributed by atoms with Crippen LogP contribution in [0.1, 0.15) is 5.56 Å². The van der Waals surface area contributed by atoms with E-state index in [0.29, 0.717) is 0 Å². The Morgan fingerprint density at radius 3 is 2.38 bits per heavy atom. The molecular formula is C29H31N3S2+2. The second-order valence-corrected chi connectivity index (χ2v) is 11.8. The molecule has 0 aliphatic carbocycles. The van der Waals surface area contributed by atoms with Crippen molar-refractivity contribution in [2.75, 3.05) is 45.4 Å². The first-order valence-corrected chi connectivity index (χ1v) is 13.4. The molecule has 0 atom stereocenters. The summed E-state index contributed by atoms with van der Waals surface area (Å²) in [5.74, 6) is 1.06. The van der Waals surface area contributed by atoms with Crippen LogP contribution >= 0.6 is 23.5 Å². The SMILES string of the molecule is CN1/C(=C/c2cc(SCC[N+](C)(C)C)[n+](-c3ccccc3)c3ccccc23)Sc2ccccc21. The molecule has 0 N–H and O–H groups in total. The van der Waals surface area contributed by atoms with Gasteiger partial charge in [0.1, 0.15) is 0 Å². The van der Waals surface area contributed by atoms with Crippen molar-refractivity contribution in [3.63, 3.8) is 0 Å². The number of nitrogens with zero attached hydrogens (tertiary/aromatic N) is 3. The van der Waals surface area contributed by atoms with E-state index in [1.807, 2.05) is 23.5 Å². The number of hydrogen-bond donors (Lipinski definition) is 0. The van der Waals surface area contributed by atoms with Crippen molar-refractivity contribution in [2.45, 2.75) is 9.92 Å². The van der Waals surface area contributed by atoms with Gasteiger partial charge in [0.15, 0.2) is 0 Å². The van der Waals surface area contributed by atoms with Crippen molar-refractivity contribution < 1.29 is 9.05 Å². The highest BCUT2D eigenvalue weighted by atomic mass is 32.2. The predicted molar refractivity (Wildman–Crippen MR) is 148 cm³/mol. The molecule has 0 radical (unpaired) electrons. The number of pyridine rings is 1. The van der Waals surface area contributed by atoms with Gasteiger partial charge in [0.2, 0.25) is 16.2 Å². The van der Waals surface area contributed by atoms with Gasteiger partial charge in [-0.2, -0.15) is 0 Å². The molecule has 0 amide bonds. The minimum Gasteiger partial charge on any atom is -0.338 e. The summed E-state index contributed by atoms with van der Waals surface area (Å²) in [4.78, 5) is 3.62. The maximum absolute atomic E-state index is 2.41. The molecule has 1 aliphatic rings. The molecule has 3 aromatic carbocycles. The molecule has 2 heterocycles. The molecule has 1 aromatic heterocycles. The largest absolute Gasteiger partial charge is 0.338 e. The van der Waals surface area contributed by atoms with Gasteiger partial charge in [0, 0.05) is 36.2 Å². The van der Waals surface area contributed by atoms with Gasteiger partial charge >= 0.3 is 0 Å². The van der Waals surface area contributed by atoms with E-state index in [2.05, 4.69) is 129 Å². The van der Waals surface area contributed by atoms with Crippen LogP contribution in [0.2, 0.25) is 0 Å². The lowest BCUT2D eigenvalue weighted by Crippen LogP contribution is -2.38. The van der Waals surface area contributed by atoms with Crippen molar-refractivity contribution in [1.29, 1.82) is 0 Å². The number of rotatable bonds is 6. The Kier molecular flexibility index (Phi) is 6.43. The van der Waals surface area contributed by atoms with E-state index in [0.717, 1.165) is 16.8 Å². The zero-order valence-electron chi connectivity index (χ0n) is 20.2. The van der Waals surface area contributed by atoms with Crippen LogP contribution in [0, 0.1) is 0 Å². The summed E-state index contributed by atoms with van der Waals surface area (Å²) in [7, 11) is 8.93. The second-order valence-electron chi connectivity index (χ2n) is 9.60. The van der Waals surface area contributed by atoms with E-state index in [4.69, 9.17) is 0 Å². The lowest BCUT2D eigenvalue weighted by atomic mass is 10.1. The first-order chi connectivity index (χ1) is 16.4. The minimum atomic E-state index is 0.961. The number of anilines is 1. The first-order valence-electron chi connectivity index (χ1n) is 11.6. The van der Waals surface area contributed by atoms with E-state index in [9.17, 15) is 0 Å². The highest BCUT2D eigenvalue weighted by molar-refractivity contribution is 8.03. The molecule has 4 aromatic rings. The van der Waals surface area contributed by atoms with E-state index in [1.165, 1.54) is 42.8 Å². The summed E-state index contributed by atoms with van der Waals surface area (Å²) < 4.78 is 3.38. The van der Waals surface area contributed by atoms with E-state index >= 15 is 0 Å². The van der Waals surface area contributed by atoms with Crippen molar-refractivity contribution in [2.24, 2.45) is 0 Å². The summed E-state index contributed by atoms with van der Waals surface area (Å²) in [6, 6.07) is 30.5. The third-order valence-electron chi connectivity index (χ3n) is 6.03. The Balaban J connectivity index is 1.65. The molecule has 0 fully saturated rings. The van der Waals surface area contributed by atoms with Crippen LogP contribution in [0.5, 0.6) is 0 Å². The Hall–Kier alpha value is -2.73. The van der Waals surface area contributed by atoms with Gasteiger partial charge in [0.05, 0.1) is 49.5 Å². The van der Waals surface area contributed by atoms with E-state index in [1.54, 1.807) is 0 Å². The van der Waals surface area contributed by atoms with Gasteiger partial charge < -0.3 is 9.38 Å². The van der Waals surface area contributed by atoms with E-state index in [-0.39, 0.29) is 0 Å². The highest BCUT2D eigenvalue weighted by Crippen LogP contribution is 2.45. The Labute approximate surface area is 211 Å². The van der Waals surface area contributed by atoms with Crippen molar-refractivity contribution in [3.8, 4) is 5.69 Å². The third-order valence-corrected chi connectivity index (χ3v) is 8.18. The highest BCUT2D eigenvalue weighted by Gasteiger charge is 2.25. The number of fused-ring (bicyclic) bond motifs is 2. The van der Waals surface area contributed by atoms with Crippen molar-refractivity contribution >= 4 is 46.2 Å². The number of quaternary nitrogens is 1. The van der Waals surface area contributed by atoms with Gasteiger partial charge in [-0.05, 0) is 29.8 Å². The summed E-state index contributed by atoms with van der Waals surface area (Å²) in [5.41, 5.74) is 4.97. The molecule has 0 saturated heterocycles. The fourth-order valence-electron chi connectivity index (χ4n) is 4.18. The maximum atomic E-state index is 2.41. The van der Waals surface area contributed by atoms with Gasteiger partial charge in [-0.1, -0.05) is 66.0 Å². The molecular weight excluding hydrogens is 454 g/mol. The standard InChI is InChI=1S/C29H31N3S2/c1-30-26-16-10-11-17-27(26)34-28(30)20-22-21-29(33-19-18-32(2,3)4)31(23-12-6-5-7-13-23)25-15-9-8-14-24(22)25/h5-17,20-21H,18-19H2,1-4H3/q+2. The Morgan fingerprint density at radius 1 is 0.912 bits per heavy atom. The molecule has 0 spiro atoms. The van der Waals surface area contributed by atoms with Gasteiger partial charge in [-0.25, -0.2) is 0 Å². The molecule has 0 bridgehead atoms. The summed E-state index contributed by atoms with van der Waals surface area (Å²) in [5, 5.41) is 3.79. The molecule has 34 heavy (non-hydrogen) atoms. The smallest absolute Gasteiger partial charge is 0.247 e. The zero-order valence-corrected chi connectivity index (χ0v) is 21.9. The molecule has 3 nitrogen and oxygen atoms in total. The fraction of sp³-hybridized carbons (Fsp3) is 0.207. The van der Waals surface area contributed by atoms with Crippen molar-refractivity contribution in [3.05, 3.63) is 95.5 Å². The minimum absolute atomic E-state index is 0.961. The summed E-state index contributed by atoms with van der Waals surface area (Å²) in [6.07, 6.45) is 2.35. The van der Waals surface area contributed by atoms with Crippen LogP contribution in [0.4, 0.5) is 5.69 Å². The average molecular weight is 486 g/mol. The van der Waals surface area contributed by atoms with Crippen LogP contribution in [0.25, 0.3) is 22.7 Å². The molecule has 5 rings (SSSR count). The van der Waals surface area contributed by atoms with Crippen LogP contribution in [0.3, 0.4) is 0 Å². The predicted octanol–water partition coefficient (Wildman–Crippen LogP) is 6.46. The van der Waals surface area contributed by atoms with Gasteiger partial charge in [-0.3, -0.25) is 0 Å². The van der Waals surface area contributed by atoms with Crippen LogP contribution in [0.15, 0.2) is 99.9 Å². The first kappa shape index (κ1) is 23.0. The quantitative estimate of drug-likeness (QED) is 0.176. The Bertz CT molecular complexity index is 1360. The Morgan fingerprint density at radius 2 is 1.62 bits per heavy atom. The molecule has 1 aliphatic heterocycles. The lowest BCUT2D eigenvalue weighted by Gasteiger charge is -2.23. The van der Waals surface area contributed by atoms with Crippen LogP contribution < -0.4 is 9.47 Å². The van der Waals surface area contributed by atoms with E-state index < -0.39 is 0 Å². The number of hydrogen-bond acceptors (Lipinski definition) is 3. The number of thioether (sulfide) groups is 2. The molecule has 0 saturated carbocycles. The van der Waals surface area contributed by atoms with Crippen molar-refractivity contribution in [1.82, 2.24) is 0 Å². The molecule has 0 unspecified atom stereocenters. The van der Waals surface area contributed by atoms with Crippen LogP contribution in [-0.2, 0) is 0 Å². The lowest BCUT2D eigenvalue weighted by molar-refractivity contribution is -0.867. The summed E-state index contributed by atoms with van der Waals surface area (Å²) >= 11 is 3.79. The van der Waals surface area contributed by atoms with Crippen LogP contribution in [-0.4, -0.2) is 45.0 Å². The number of aromatic nitrogens is 1. The zero-order chi connectivity index (χ0) is 23.7. The third kappa shape index (κ3) is 4.74. The molecule has 5 heteroatoms. The summed E-state index contributed by atoms with van der Waals surface area (Å²) in [6.45, 7) is 1.11. The normalized spacial score (nSPS) is 14.7. The van der Waals surface area contributed by atoms with Gasteiger partial charge in [0.25, 0.3) is 0 Å². The monoisotopic (exact) mass is 485 g/mol. The number of benzene rings is 3.